The zero-order valence-electron chi connectivity index (χ0n) is 12.6. The molecular formula is C16H20N2O2S. The summed E-state index contributed by atoms with van der Waals surface area (Å²) in [6.07, 6.45) is 2.72. The molecule has 0 spiro atoms. The van der Waals surface area contributed by atoms with Crippen molar-refractivity contribution < 1.29 is 9.15 Å². The van der Waals surface area contributed by atoms with Gasteiger partial charge in [-0.2, -0.15) is 0 Å². The predicted octanol–water partition coefficient (Wildman–Crippen LogP) is 3.36. The maximum Gasteiger partial charge on any atom is 0.256 e. The fourth-order valence-electron chi connectivity index (χ4n) is 2.80. The van der Waals surface area contributed by atoms with Crippen molar-refractivity contribution in [2.45, 2.75) is 36.8 Å². The minimum atomic E-state index is 0.303. The van der Waals surface area contributed by atoms with Crippen LogP contribution in [0.2, 0.25) is 0 Å². The number of nitrogens with zero attached hydrogens (tertiary/aromatic N) is 1. The van der Waals surface area contributed by atoms with Crippen LogP contribution in [0, 0.1) is 6.92 Å². The number of aromatic nitrogens is 1. The van der Waals surface area contributed by atoms with Crippen molar-refractivity contribution in [3.8, 4) is 5.75 Å². The average Bonchev–Trinajstić information content (AvgIpc) is 3.04. The van der Waals surface area contributed by atoms with E-state index < -0.39 is 0 Å². The largest absolute Gasteiger partial charge is 0.497 e. The first-order chi connectivity index (χ1) is 10.2. The molecule has 0 aliphatic heterocycles. The molecule has 0 saturated carbocycles. The SMILES string of the molecule is CCNC1c2cc(OC)ccc2CC1Sc1nc(C)co1. The van der Waals surface area contributed by atoms with E-state index in [9.17, 15) is 0 Å². The molecule has 2 aromatic rings. The average molecular weight is 304 g/mol. The van der Waals surface area contributed by atoms with Crippen LogP contribution in [0.25, 0.3) is 0 Å². The van der Waals surface area contributed by atoms with Crippen LogP contribution in [-0.2, 0) is 6.42 Å². The van der Waals surface area contributed by atoms with Gasteiger partial charge >= 0.3 is 0 Å². The summed E-state index contributed by atoms with van der Waals surface area (Å²) < 4.78 is 10.9. The molecule has 0 bridgehead atoms. The number of aryl methyl sites for hydroxylation is 1. The number of fused-ring (bicyclic) bond motifs is 1. The molecule has 1 aromatic heterocycles. The highest BCUT2D eigenvalue weighted by atomic mass is 32.2. The normalized spacial score (nSPS) is 20.5. The molecule has 0 amide bonds. The van der Waals surface area contributed by atoms with Crippen LogP contribution in [0.4, 0.5) is 0 Å². The Bertz CT molecular complexity index is 626. The molecule has 1 heterocycles. The van der Waals surface area contributed by atoms with E-state index in [1.165, 1.54) is 11.1 Å². The molecule has 0 saturated heterocycles. The van der Waals surface area contributed by atoms with Gasteiger partial charge < -0.3 is 14.5 Å². The van der Waals surface area contributed by atoms with Gasteiger partial charge in [-0.05, 0) is 43.1 Å². The third kappa shape index (κ3) is 2.94. The monoisotopic (exact) mass is 304 g/mol. The zero-order valence-corrected chi connectivity index (χ0v) is 13.4. The van der Waals surface area contributed by atoms with E-state index in [4.69, 9.17) is 9.15 Å². The van der Waals surface area contributed by atoms with E-state index in [2.05, 4.69) is 29.4 Å². The maximum atomic E-state index is 5.50. The van der Waals surface area contributed by atoms with Gasteiger partial charge in [0, 0.05) is 11.3 Å². The Morgan fingerprint density at radius 2 is 2.33 bits per heavy atom. The molecule has 1 N–H and O–H groups in total. The van der Waals surface area contributed by atoms with Crippen molar-refractivity contribution in [1.29, 1.82) is 0 Å². The molecule has 2 unspecified atom stereocenters. The number of hydrogen-bond donors (Lipinski definition) is 1. The van der Waals surface area contributed by atoms with Gasteiger partial charge in [-0.25, -0.2) is 4.98 Å². The molecule has 112 valence electrons. The summed E-state index contributed by atoms with van der Waals surface area (Å²) in [5.74, 6) is 0.911. The van der Waals surface area contributed by atoms with Crippen molar-refractivity contribution in [2.75, 3.05) is 13.7 Å². The van der Waals surface area contributed by atoms with Gasteiger partial charge in [0.1, 0.15) is 12.0 Å². The van der Waals surface area contributed by atoms with Crippen LogP contribution in [0.5, 0.6) is 5.75 Å². The molecule has 1 aromatic carbocycles. The molecule has 5 heteroatoms. The summed E-state index contributed by atoms with van der Waals surface area (Å²) in [6, 6.07) is 6.64. The van der Waals surface area contributed by atoms with E-state index in [-0.39, 0.29) is 0 Å². The Balaban J connectivity index is 1.85. The summed E-state index contributed by atoms with van der Waals surface area (Å²) in [4.78, 5) is 4.41. The van der Waals surface area contributed by atoms with Crippen molar-refractivity contribution >= 4 is 11.8 Å². The van der Waals surface area contributed by atoms with E-state index >= 15 is 0 Å². The number of rotatable bonds is 5. The summed E-state index contributed by atoms with van der Waals surface area (Å²) in [5, 5.41) is 4.73. The molecular weight excluding hydrogens is 284 g/mol. The Labute approximate surface area is 129 Å². The minimum Gasteiger partial charge on any atom is -0.497 e. The first-order valence-electron chi connectivity index (χ1n) is 7.20. The van der Waals surface area contributed by atoms with Crippen molar-refractivity contribution in [3.05, 3.63) is 41.3 Å². The quantitative estimate of drug-likeness (QED) is 0.918. The lowest BCUT2D eigenvalue weighted by Crippen LogP contribution is -2.26. The minimum absolute atomic E-state index is 0.303. The van der Waals surface area contributed by atoms with Crippen LogP contribution in [0.15, 0.2) is 34.1 Å². The van der Waals surface area contributed by atoms with Gasteiger partial charge in [0.15, 0.2) is 0 Å². The van der Waals surface area contributed by atoms with Gasteiger partial charge in [0.05, 0.1) is 12.8 Å². The Kier molecular flexibility index (Phi) is 4.22. The summed E-state index contributed by atoms with van der Waals surface area (Å²) in [6.45, 7) is 5.02. The first-order valence-corrected chi connectivity index (χ1v) is 8.08. The van der Waals surface area contributed by atoms with Crippen LogP contribution >= 0.6 is 11.8 Å². The lowest BCUT2D eigenvalue weighted by atomic mass is 10.1. The third-order valence-electron chi connectivity index (χ3n) is 3.76. The Morgan fingerprint density at radius 3 is 3.00 bits per heavy atom. The predicted molar refractivity (Wildman–Crippen MR) is 84.0 cm³/mol. The van der Waals surface area contributed by atoms with Crippen molar-refractivity contribution in [1.82, 2.24) is 10.3 Å². The van der Waals surface area contributed by atoms with Crippen LogP contribution in [0.3, 0.4) is 0 Å². The van der Waals surface area contributed by atoms with Crippen LogP contribution < -0.4 is 10.1 Å². The van der Waals surface area contributed by atoms with Gasteiger partial charge in [0.2, 0.25) is 0 Å². The molecule has 4 nitrogen and oxygen atoms in total. The topological polar surface area (TPSA) is 47.3 Å². The van der Waals surface area contributed by atoms with Gasteiger partial charge in [0.25, 0.3) is 5.22 Å². The van der Waals surface area contributed by atoms with E-state index in [1.54, 1.807) is 25.1 Å². The highest BCUT2D eigenvalue weighted by Crippen LogP contribution is 2.42. The van der Waals surface area contributed by atoms with E-state index in [1.807, 2.05) is 13.0 Å². The zero-order chi connectivity index (χ0) is 14.8. The number of hydrogen-bond acceptors (Lipinski definition) is 5. The second-order valence-electron chi connectivity index (χ2n) is 5.22. The van der Waals surface area contributed by atoms with E-state index in [0.29, 0.717) is 11.3 Å². The summed E-state index contributed by atoms with van der Waals surface area (Å²) in [7, 11) is 1.71. The number of oxazole rings is 1. The van der Waals surface area contributed by atoms with E-state index in [0.717, 1.165) is 29.6 Å². The van der Waals surface area contributed by atoms with Crippen molar-refractivity contribution in [2.24, 2.45) is 0 Å². The maximum absolute atomic E-state index is 5.50. The molecule has 21 heavy (non-hydrogen) atoms. The first kappa shape index (κ1) is 14.5. The number of nitrogens with one attached hydrogen (secondary N) is 1. The highest BCUT2D eigenvalue weighted by Gasteiger charge is 2.34. The third-order valence-corrected chi connectivity index (χ3v) is 4.89. The lowest BCUT2D eigenvalue weighted by molar-refractivity contribution is 0.413. The molecule has 0 radical (unpaired) electrons. The van der Waals surface area contributed by atoms with Crippen LogP contribution in [0.1, 0.15) is 29.8 Å². The second-order valence-corrected chi connectivity index (χ2v) is 6.41. The summed E-state index contributed by atoms with van der Waals surface area (Å²) >= 11 is 1.71. The smallest absolute Gasteiger partial charge is 0.256 e. The van der Waals surface area contributed by atoms with Gasteiger partial charge in [-0.1, -0.05) is 24.8 Å². The van der Waals surface area contributed by atoms with Gasteiger partial charge in [-0.15, -0.1) is 0 Å². The molecule has 1 aliphatic rings. The molecule has 3 rings (SSSR count). The fraction of sp³-hybridized carbons (Fsp3) is 0.438. The van der Waals surface area contributed by atoms with Crippen molar-refractivity contribution in [3.63, 3.8) is 0 Å². The number of methoxy groups -OCH3 is 1. The Morgan fingerprint density at radius 1 is 1.48 bits per heavy atom. The number of thioether (sulfide) groups is 1. The number of benzene rings is 1. The summed E-state index contributed by atoms with van der Waals surface area (Å²) in [5.41, 5.74) is 3.63. The molecule has 0 fully saturated rings. The van der Waals surface area contributed by atoms with Crippen LogP contribution in [-0.4, -0.2) is 23.9 Å². The molecule has 1 aliphatic carbocycles. The second kappa shape index (κ2) is 6.12. The number of ether oxygens (including phenoxy) is 1. The lowest BCUT2D eigenvalue weighted by Gasteiger charge is -2.19. The van der Waals surface area contributed by atoms with Gasteiger partial charge in [-0.3, -0.25) is 0 Å². The molecule has 2 atom stereocenters. The highest BCUT2D eigenvalue weighted by molar-refractivity contribution is 7.99. The Hall–Kier alpha value is -1.46. The fourth-order valence-corrected chi connectivity index (χ4v) is 4.00. The standard InChI is InChI=1S/C16H20N2O2S/c1-4-17-15-13-8-12(19-3)6-5-11(13)7-14(15)21-16-18-10(2)9-20-16/h5-6,8-9,14-15,17H,4,7H2,1-3H3.